The molecule has 0 heterocycles. The van der Waals surface area contributed by atoms with E-state index in [1.807, 2.05) is 39.0 Å². The minimum Gasteiger partial charge on any atom is -0.351 e. The Balaban J connectivity index is 3.00. The van der Waals surface area contributed by atoms with E-state index in [2.05, 4.69) is 25.6 Å². The molecular formula is C21H36O4Si. The van der Waals surface area contributed by atoms with Crippen molar-refractivity contribution in [3.63, 3.8) is 0 Å². The molecule has 4 nitrogen and oxygen atoms in total. The van der Waals surface area contributed by atoms with Gasteiger partial charge in [-0.1, -0.05) is 63.1 Å². The van der Waals surface area contributed by atoms with Gasteiger partial charge in [-0.3, -0.25) is 0 Å². The normalized spacial score (nSPS) is 12.9. The third-order valence-electron chi connectivity index (χ3n) is 4.05. The molecule has 1 aromatic carbocycles. The molecule has 0 radical (unpaired) electrons. The fourth-order valence-corrected chi connectivity index (χ4v) is 4.93. The predicted octanol–water partition coefficient (Wildman–Crippen LogP) is 5.82. The van der Waals surface area contributed by atoms with Crippen molar-refractivity contribution in [1.29, 1.82) is 0 Å². The molecule has 1 rings (SSSR count). The SMILES string of the molecule is C=C(CCCCCC)C(O[Si](OCC)(OCC)OCC)c1ccccc1. The van der Waals surface area contributed by atoms with Gasteiger partial charge in [0, 0.05) is 19.8 Å². The predicted molar refractivity (Wildman–Crippen MR) is 109 cm³/mol. The number of unbranched alkanes of at least 4 members (excludes halogenated alkanes) is 3. The van der Waals surface area contributed by atoms with E-state index in [-0.39, 0.29) is 6.10 Å². The maximum atomic E-state index is 6.44. The van der Waals surface area contributed by atoms with Crippen molar-refractivity contribution in [3.8, 4) is 0 Å². The van der Waals surface area contributed by atoms with E-state index in [0.29, 0.717) is 19.8 Å². The lowest BCUT2D eigenvalue weighted by Gasteiger charge is -2.32. The topological polar surface area (TPSA) is 36.9 Å². The Bertz CT molecular complexity index is 475. The van der Waals surface area contributed by atoms with Crippen LogP contribution in [-0.4, -0.2) is 28.9 Å². The van der Waals surface area contributed by atoms with E-state index in [1.165, 1.54) is 19.3 Å². The van der Waals surface area contributed by atoms with Gasteiger partial charge in [-0.05, 0) is 44.7 Å². The van der Waals surface area contributed by atoms with Crippen LogP contribution < -0.4 is 0 Å². The lowest BCUT2D eigenvalue weighted by molar-refractivity contribution is -0.0441. The molecule has 0 amide bonds. The van der Waals surface area contributed by atoms with Gasteiger partial charge in [0.2, 0.25) is 0 Å². The molecule has 0 saturated heterocycles. The third kappa shape index (κ3) is 7.72. The van der Waals surface area contributed by atoms with Crippen molar-refractivity contribution in [2.75, 3.05) is 19.8 Å². The molecule has 0 aliphatic carbocycles. The minimum absolute atomic E-state index is 0.283. The van der Waals surface area contributed by atoms with Crippen LogP contribution >= 0.6 is 0 Å². The summed E-state index contributed by atoms with van der Waals surface area (Å²) in [6.45, 7) is 13.8. The van der Waals surface area contributed by atoms with Crippen LogP contribution in [0.1, 0.15) is 71.5 Å². The first-order valence-corrected chi connectivity index (χ1v) is 11.6. The summed E-state index contributed by atoms with van der Waals surface area (Å²) in [6, 6.07) is 10.2. The van der Waals surface area contributed by atoms with Gasteiger partial charge in [0.25, 0.3) is 0 Å². The highest BCUT2D eigenvalue weighted by molar-refractivity contribution is 6.53. The highest BCUT2D eigenvalue weighted by Crippen LogP contribution is 2.32. The van der Waals surface area contributed by atoms with E-state index in [0.717, 1.165) is 24.0 Å². The minimum atomic E-state index is -3.22. The zero-order valence-electron chi connectivity index (χ0n) is 17.0. The highest BCUT2D eigenvalue weighted by Gasteiger charge is 2.47. The molecule has 0 N–H and O–H groups in total. The second-order valence-electron chi connectivity index (χ2n) is 6.18. The molecule has 0 bridgehead atoms. The molecule has 148 valence electrons. The van der Waals surface area contributed by atoms with Crippen LogP contribution in [0.2, 0.25) is 0 Å². The van der Waals surface area contributed by atoms with Crippen molar-refractivity contribution in [2.45, 2.75) is 65.9 Å². The summed E-state index contributed by atoms with van der Waals surface area (Å²) in [5.74, 6) is 0. The zero-order valence-corrected chi connectivity index (χ0v) is 18.0. The summed E-state index contributed by atoms with van der Waals surface area (Å²) in [5, 5.41) is 0. The number of hydrogen-bond donors (Lipinski definition) is 0. The first-order chi connectivity index (χ1) is 12.6. The van der Waals surface area contributed by atoms with Crippen LogP contribution in [-0.2, 0) is 17.7 Å². The van der Waals surface area contributed by atoms with Gasteiger partial charge in [0.15, 0.2) is 0 Å². The number of hydrogen-bond acceptors (Lipinski definition) is 4. The largest absolute Gasteiger partial charge is 0.680 e. The maximum Gasteiger partial charge on any atom is 0.680 e. The lowest BCUT2D eigenvalue weighted by atomic mass is 9.98. The molecule has 0 fully saturated rings. The van der Waals surface area contributed by atoms with Gasteiger partial charge in [-0.25, -0.2) is 0 Å². The highest BCUT2D eigenvalue weighted by atomic mass is 28.4. The van der Waals surface area contributed by atoms with Crippen LogP contribution in [0.3, 0.4) is 0 Å². The van der Waals surface area contributed by atoms with Gasteiger partial charge >= 0.3 is 9.05 Å². The first kappa shape index (κ1) is 23.1. The van der Waals surface area contributed by atoms with Crippen molar-refractivity contribution >= 4 is 9.05 Å². The standard InChI is InChI=1S/C21H36O4Si/c1-6-10-11-13-16-19(5)21(20-17-14-12-15-18-20)25-26(22-7-2,23-8-3)24-9-4/h12,14-15,17-18,21H,5-11,13,16H2,1-4H3. The summed E-state index contributed by atoms with van der Waals surface area (Å²) >= 11 is 0. The molecule has 0 aliphatic rings. The fourth-order valence-electron chi connectivity index (χ4n) is 2.83. The van der Waals surface area contributed by atoms with Gasteiger partial charge in [0.05, 0.1) is 6.10 Å². The van der Waals surface area contributed by atoms with Crippen LogP contribution in [0, 0.1) is 0 Å². The van der Waals surface area contributed by atoms with Gasteiger partial charge in [-0.2, -0.15) is 0 Å². The summed E-state index contributed by atoms with van der Waals surface area (Å²) in [7, 11) is -3.22. The molecule has 0 aromatic heterocycles. The Morgan fingerprint density at radius 2 is 1.46 bits per heavy atom. The quantitative estimate of drug-likeness (QED) is 0.218. The average Bonchev–Trinajstić information content (AvgIpc) is 2.64. The Kier molecular flexibility index (Phi) is 11.7. The van der Waals surface area contributed by atoms with E-state index < -0.39 is 9.05 Å². The molecule has 1 atom stereocenters. The number of rotatable bonds is 15. The number of benzene rings is 1. The Morgan fingerprint density at radius 1 is 0.885 bits per heavy atom. The van der Waals surface area contributed by atoms with E-state index in [1.54, 1.807) is 0 Å². The molecule has 5 heteroatoms. The molecule has 0 saturated carbocycles. The van der Waals surface area contributed by atoms with Gasteiger partial charge < -0.3 is 17.7 Å². The van der Waals surface area contributed by atoms with E-state index in [4.69, 9.17) is 17.7 Å². The molecule has 26 heavy (non-hydrogen) atoms. The summed E-state index contributed by atoms with van der Waals surface area (Å²) in [6.07, 6.45) is 5.44. The maximum absolute atomic E-state index is 6.44. The molecule has 0 spiro atoms. The second-order valence-corrected chi connectivity index (χ2v) is 8.28. The first-order valence-electron chi connectivity index (χ1n) is 9.94. The van der Waals surface area contributed by atoms with Crippen molar-refractivity contribution in [1.82, 2.24) is 0 Å². The van der Waals surface area contributed by atoms with Gasteiger partial charge in [-0.15, -0.1) is 0 Å². The van der Waals surface area contributed by atoms with E-state index >= 15 is 0 Å². The molecule has 1 aromatic rings. The van der Waals surface area contributed by atoms with Crippen LogP contribution in [0.5, 0.6) is 0 Å². The zero-order chi connectivity index (χ0) is 19.3. The third-order valence-corrected chi connectivity index (χ3v) is 6.50. The summed E-state index contributed by atoms with van der Waals surface area (Å²) < 4.78 is 24.1. The average molecular weight is 381 g/mol. The smallest absolute Gasteiger partial charge is 0.351 e. The Labute approximate surface area is 161 Å². The summed E-state index contributed by atoms with van der Waals surface area (Å²) in [5.41, 5.74) is 2.10. The monoisotopic (exact) mass is 380 g/mol. The summed E-state index contributed by atoms with van der Waals surface area (Å²) in [4.78, 5) is 0. The fraction of sp³-hybridized carbons (Fsp3) is 0.619. The van der Waals surface area contributed by atoms with Crippen LogP contribution in [0.15, 0.2) is 42.5 Å². The van der Waals surface area contributed by atoms with Crippen molar-refractivity contribution in [2.24, 2.45) is 0 Å². The van der Waals surface area contributed by atoms with Crippen molar-refractivity contribution < 1.29 is 17.7 Å². The van der Waals surface area contributed by atoms with Crippen LogP contribution in [0.4, 0.5) is 0 Å². The van der Waals surface area contributed by atoms with Crippen LogP contribution in [0.25, 0.3) is 0 Å². The molecular weight excluding hydrogens is 344 g/mol. The van der Waals surface area contributed by atoms with E-state index in [9.17, 15) is 0 Å². The lowest BCUT2D eigenvalue weighted by Crippen LogP contribution is -2.50. The van der Waals surface area contributed by atoms with Gasteiger partial charge in [0.1, 0.15) is 0 Å². The molecule has 1 unspecified atom stereocenters. The Hall–Kier alpha value is -0.983. The molecule has 0 aliphatic heterocycles. The Morgan fingerprint density at radius 3 is 1.96 bits per heavy atom. The second kappa shape index (κ2) is 13.2. The van der Waals surface area contributed by atoms with Crippen molar-refractivity contribution in [3.05, 3.63) is 48.0 Å².